The fourth-order valence-electron chi connectivity index (χ4n) is 3.20. The number of nitrogen functional groups attached to an aromatic ring is 1. The van der Waals surface area contributed by atoms with Crippen molar-refractivity contribution in [2.24, 2.45) is 0 Å². The summed E-state index contributed by atoms with van der Waals surface area (Å²) in [5.74, 6) is 0. The van der Waals surface area contributed by atoms with Gasteiger partial charge in [0.1, 0.15) is 0 Å². The van der Waals surface area contributed by atoms with Crippen LogP contribution in [0.1, 0.15) is 18.1 Å². The van der Waals surface area contributed by atoms with Gasteiger partial charge in [0.2, 0.25) is 0 Å². The van der Waals surface area contributed by atoms with Gasteiger partial charge in [-0.25, -0.2) is 0 Å². The van der Waals surface area contributed by atoms with Crippen molar-refractivity contribution in [2.45, 2.75) is 20.0 Å². The van der Waals surface area contributed by atoms with Gasteiger partial charge < -0.3 is 20.9 Å². The molecular formula is C20H28N4. The molecule has 1 aliphatic heterocycles. The zero-order chi connectivity index (χ0) is 16.8. The molecule has 1 saturated heterocycles. The Balaban J connectivity index is 1.48. The number of nitrogens with one attached hydrogen (secondary N) is 1. The molecule has 3 rings (SSSR count). The van der Waals surface area contributed by atoms with Gasteiger partial charge >= 0.3 is 0 Å². The Bertz CT molecular complexity index is 630. The smallest absolute Gasteiger partial charge is 0.0367 e. The van der Waals surface area contributed by atoms with Gasteiger partial charge in [0.15, 0.2) is 0 Å². The lowest BCUT2D eigenvalue weighted by molar-refractivity contribution is 0.271. The summed E-state index contributed by atoms with van der Waals surface area (Å²) < 4.78 is 0. The summed E-state index contributed by atoms with van der Waals surface area (Å²) in [6, 6.07) is 17.0. The van der Waals surface area contributed by atoms with Crippen molar-refractivity contribution in [1.82, 2.24) is 10.2 Å². The fourth-order valence-corrected chi connectivity index (χ4v) is 3.20. The lowest BCUT2D eigenvalue weighted by atomic mass is 10.1. The Labute approximate surface area is 145 Å². The molecule has 0 atom stereocenters. The number of piperazine rings is 1. The molecule has 0 spiro atoms. The molecule has 0 radical (unpaired) electrons. The summed E-state index contributed by atoms with van der Waals surface area (Å²) in [6.07, 6.45) is 0. The first-order chi connectivity index (χ1) is 11.7. The van der Waals surface area contributed by atoms with E-state index in [0.717, 1.165) is 38.4 Å². The molecule has 1 heterocycles. The van der Waals surface area contributed by atoms with Crippen LogP contribution in [0.25, 0.3) is 0 Å². The second kappa shape index (κ2) is 8.18. The van der Waals surface area contributed by atoms with Crippen LogP contribution in [0.2, 0.25) is 0 Å². The molecule has 2 aromatic carbocycles. The van der Waals surface area contributed by atoms with Crippen molar-refractivity contribution in [3.8, 4) is 0 Å². The van der Waals surface area contributed by atoms with Crippen LogP contribution in [0.3, 0.4) is 0 Å². The monoisotopic (exact) mass is 324 g/mol. The fraction of sp³-hybridized carbons (Fsp3) is 0.400. The minimum Gasteiger partial charge on any atom is -0.399 e. The first-order valence-corrected chi connectivity index (χ1v) is 8.86. The molecule has 24 heavy (non-hydrogen) atoms. The number of benzene rings is 2. The topological polar surface area (TPSA) is 44.5 Å². The van der Waals surface area contributed by atoms with E-state index in [1.807, 2.05) is 18.2 Å². The van der Waals surface area contributed by atoms with Crippen molar-refractivity contribution in [1.29, 1.82) is 0 Å². The average molecular weight is 324 g/mol. The summed E-state index contributed by atoms with van der Waals surface area (Å²) in [5.41, 5.74) is 10.5. The molecule has 4 heteroatoms. The van der Waals surface area contributed by atoms with Crippen molar-refractivity contribution in [3.05, 3.63) is 59.7 Å². The third-order valence-electron chi connectivity index (χ3n) is 4.73. The van der Waals surface area contributed by atoms with Gasteiger partial charge in [-0.3, -0.25) is 0 Å². The third-order valence-corrected chi connectivity index (χ3v) is 4.73. The number of anilines is 2. The number of rotatable bonds is 6. The lowest BCUT2D eigenvalue weighted by Gasteiger charge is -2.35. The molecule has 0 aliphatic carbocycles. The minimum absolute atomic E-state index is 0.821. The van der Waals surface area contributed by atoms with Gasteiger partial charge in [0.25, 0.3) is 0 Å². The molecule has 0 amide bonds. The van der Waals surface area contributed by atoms with Crippen molar-refractivity contribution in [2.75, 3.05) is 43.4 Å². The Kier molecular flexibility index (Phi) is 5.72. The van der Waals surface area contributed by atoms with Crippen LogP contribution >= 0.6 is 0 Å². The van der Waals surface area contributed by atoms with Crippen LogP contribution in [-0.2, 0) is 13.1 Å². The summed E-state index contributed by atoms with van der Waals surface area (Å²) in [5, 5.41) is 3.48. The molecule has 3 N–H and O–H groups in total. The molecule has 0 unspecified atom stereocenters. The maximum atomic E-state index is 5.81. The van der Waals surface area contributed by atoms with Gasteiger partial charge in [-0.1, -0.05) is 31.2 Å². The number of hydrogen-bond donors (Lipinski definition) is 2. The van der Waals surface area contributed by atoms with Gasteiger partial charge in [-0.15, -0.1) is 0 Å². The van der Waals surface area contributed by atoms with E-state index in [9.17, 15) is 0 Å². The van der Waals surface area contributed by atoms with E-state index in [2.05, 4.69) is 52.4 Å². The van der Waals surface area contributed by atoms with Crippen LogP contribution in [-0.4, -0.2) is 37.6 Å². The third kappa shape index (κ3) is 4.49. The van der Waals surface area contributed by atoms with E-state index in [-0.39, 0.29) is 0 Å². The molecule has 1 aliphatic rings. The van der Waals surface area contributed by atoms with E-state index in [1.54, 1.807) is 0 Å². The second-order valence-electron chi connectivity index (χ2n) is 6.44. The molecule has 128 valence electrons. The first-order valence-electron chi connectivity index (χ1n) is 8.86. The Hall–Kier alpha value is -2.04. The summed E-state index contributed by atoms with van der Waals surface area (Å²) in [4.78, 5) is 4.99. The number of hydrogen-bond acceptors (Lipinski definition) is 4. The van der Waals surface area contributed by atoms with E-state index in [0.29, 0.717) is 0 Å². The number of nitrogens with two attached hydrogens (primary N) is 1. The van der Waals surface area contributed by atoms with Crippen LogP contribution in [0.15, 0.2) is 48.5 Å². The molecule has 0 saturated carbocycles. The van der Waals surface area contributed by atoms with Crippen LogP contribution in [0, 0.1) is 0 Å². The van der Waals surface area contributed by atoms with Crippen molar-refractivity contribution in [3.63, 3.8) is 0 Å². The molecule has 4 nitrogen and oxygen atoms in total. The van der Waals surface area contributed by atoms with Crippen molar-refractivity contribution < 1.29 is 0 Å². The zero-order valence-electron chi connectivity index (χ0n) is 14.5. The highest BCUT2D eigenvalue weighted by atomic mass is 15.3. The summed E-state index contributed by atoms with van der Waals surface area (Å²) in [7, 11) is 0. The highest BCUT2D eigenvalue weighted by molar-refractivity contribution is 5.48. The molecular weight excluding hydrogens is 296 g/mol. The van der Waals surface area contributed by atoms with Gasteiger partial charge in [-0.05, 0) is 41.9 Å². The van der Waals surface area contributed by atoms with Gasteiger partial charge in [-0.2, -0.15) is 0 Å². The Morgan fingerprint density at radius 2 is 1.62 bits per heavy atom. The second-order valence-corrected chi connectivity index (χ2v) is 6.44. The zero-order valence-corrected chi connectivity index (χ0v) is 14.5. The summed E-state index contributed by atoms with van der Waals surface area (Å²) >= 11 is 0. The van der Waals surface area contributed by atoms with Gasteiger partial charge in [0, 0.05) is 50.6 Å². The maximum absolute atomic E-state index is 5.81. The standard InChI is InChI=1S/C20H28N4/c1-2-23-10-12-24(13-11-23)20-8-6-17(7-9-20)15-22-16-18-4-3-5-19(21)14-18/h3-9,14,22H,2,10-13,15-16,21H2,1H3. The normalized spacial score (nSPS) is 15.6. The number of likely N-dealkylation sites (N-methyl/N-ethyl adjacent to an activating group) is 1. The minimum atomic E-state index is 0.821. The van der Waals surface area contributed by atoms with E-state index < -0.39 is 0 Å². The molecule has 0 aromatic heterocycles. The van der Waals surface area contributed by atoms with E-state index >= 15 is 0 Å². The highest BCUT2D eigenvalue weighted by Gasteiger charge is 2.15. The van der Waals surface area contributed by atoms with Crippen molar-refractivity contribution >= 4 is 11.4 Å². The molecule has 2 aromatic rings. The van der Waals surface area contributed by atoms with Crippen LogP contribution in [0.5, 0.6) is 0 Å². The molecule has 0 bridgehead atoms. The highest BCUT2D eigenvalue weighted by Crippen LogP contribution is 2.17. The Morgan fingerprint density at radius 3 is 2.29 bits per heavy atom. The van der Waals surface area contributed by atoms with Crippen LogP contribution < -0.4 is 16.0 Å². The maximum Gasteiger partial charge on any atom is 0.0367 e. The molecule has 1 fully saturated rings. The Morgan fingerprint density at radius 1 is 0.917 bits per heavy atom. The summed E-state index contributed by atoms with van der Waals surface area (Å²) in [6.45, 7) is 9.69. The predicted octanol–water partition coefficient (Wildman–Crippen LogP) is 2.70. The van der Waals surface area contributed by atoms with Crippen LogP contribution in [0.4, 0.5) is 11.4 Å². The SMILES string of the molecule is CCN1CCN(c2ccc(CNCc3cccc(N)c3)cc2)CC1. The van der Waals surface area contributed by atoms with Gasteiger partial charge in [0.05, 0.1) is 0 Å². The van der Waals surface area contributed by atoms with E-state index in [4.69, 9.17) is 5.73 Å². The quantitative estimate of drug-likeness (QED) is 0.802. The number of nitrogens with zero attached hydrogens (tertiary/aromatic N) is 2. The largest absolute Gasteiger partial charge is 0.399 e. The predicted molar refractivity (Wildman–Crippen MR) is 102 cm³/mol. The first kappa shape index (κ1) is 16.8. The lowest BCUT2D eigenvalue weighted by Crippen LogP contribution is -2.46. The van der Waals surface area contributed by atoms with E-state index in [1.165, 1.54) is 29.9 Å². The average Bonchev–Trinajstić information content (AvgIpc) is 2.63.